The van der Waals surface area contributed by atoms with Crippen molar-refractivity contribution in [1.82, 2.24) is 5.32 Å². The van der Waals surface area contributed by atoms with Crippen molar-refractivity contribution in [1.29, 1.82) is 0 Å². The number of nitrogens with two attached hydrogens (primary N) is 1. The first-order chi connectivity index (χ1) is 8.62. The molecule has 0 saturated heterocycles. The molecule has 0 saturated carbocycles. The quantitative estimate of drug-likeness (QED) is 0.781. The van der Waals surface area contributed by atoms with Gasteiger partial charge in [-0.15, -0.1) is 0 Å². The Morgan fingerprint density at radius 3 is 2.50 bits per heavy atom. The fourth-order valence-corrected chi connectivity index (χ4v) is 1.66. The van der Waals surface area contributed by atoms with Crippen molar-refractivity contribution in [2.24, 2.45) is 5.73 Å². The van der Waals surface area contributed by atoms with Crippen LogP contribution in [0.4, 0.5) is 8.78 Å². The molecule has 0 fully saturated rings. The average molecular weight is 260 g/mol. The summed E-state index contributed by atoms with van der Waals surface area (Å²) in [7, 11) is 3.06. The van der Waals surface area contributed by atoms with Gasteiger partial charge < -0.3 is 20.5 Å². The number of nitrogens with one attached hydrogen (secondary N) is 1. The van der Waals surface area contributed by atoms with E-state index in [1.807, 2.05) is 0 Å². The van der Waals surface area contributed by atoms with Crippen LogP contribution in [0.15, 0.2) is 18.2 Å². The average Bonchev–Trinajstić information content (AvgIpc) is 2.39. The minimum Gasteiger partial charge on any atom is -0.497 e. The van der Waals surface area contributed by atoms with Gasteiger partial charge in [0.25, 0.3) is 6.43 Å². The molecule has 0 aliphatic heterocycles. The van der Waals surface area contributed by atoms with Crippen molar-refractivity contribution in [3.63, 3.8) is 0 Å². The van der Waals surface area contributed by atoms with E-state index in [4.69, 9.17) is 15.2 Å². The fourth-order valence-electron chi connectivity index (χ4n) is 1.66. The fraction of sp³-hybridized carbons (Fsp3) is 0.500. The molecule has 0 aromatic heterocycles. The summed E-state index contributed by atoms with van der Waals surface area (Å²) in [4.78, 5) is 0. The smallest absolute Gasteiger partial charge is 0.250 e. The van der Waals surface area contributed by atoms with Crippen molar-refractivity contribution in [3.8, 4) is 11.5 Å². The summed E-state index contributed by atoms with van der Waals surface area (Å²) >= 11 is 0. The highest BCUT2D eigenvalue weighted by Gasteiger charge is 2.16. The minimum absolute atomic E-state index is 0.204. The molecule has 0 heterocycles. The number of rotatable bonds is 7. The summed E-state index contributed by atoms with van der Waals surface area (Å²) in [5, 5.41) is 2.70. The highest BCUT2D eigenvalue weighted by molar-refractivity contribution is 5.42. The van der Waals surface area contributed by atoms with Crippen LogP contribution in [-0.2, 0) is 0 Å². The number of hydrogen-bond acceptors (Lipinski definition) is 4. The number of benzene rings is 1. The number of alkyl halides is 2. The zero-order valence-corrected chi connectivity index (χ0v) is 10.5. The number of hydrogen-bond donors (Lipinski definition) is 2. The molecule has 0 aliphatic carbocycles. The van der Waals surface area contributed by atoms with Crippen molar-refractivity contribution >= 4 is 0 Å². The second-order valence-corrected chi connectivity index (χ2v) is 3.70. The first-order valence-electron chi connectivity index (χ1n) is 5.55. The Bertz CT molecular complexity index is 375. The van der Waals surface area contributed by atoms with E-state index in [1.54, 1.807) is 25.3 Å². The molecule has 6 heteroatoms. The van der Waals surface area contributed by atoms with Crippen LogP contribution in [0.25, 0.3) is 0 Å². The van der Waals surface area contributed by atoms with E-state index < -0.39 is 13.0 Å². The number of halogens is 2. The molecule has 4 nitrogen and oxygen atoms in total. The standard InChI is InChI=1S/C12H18F2N2O2/c1-17-8-3-4-9(11(5-8)18-2)10(6-15)16-7-12(13)14/h3-5,10,12,16H,6-7,15H2,1-2H3. The van der Waals surface area contributed by atoms with Gasteiger partial charge in [0.1, 0.15) is 11.5 Å². The summed E-state index contributed by atoms with van der Waals surface area (Å²) < 4.78 is 34.7. The van der Waals surface area contributed by atoms with E-state index in [2.05, 4.69) is 5.32 Å². The number of methoxy groups -OCH3 is 2. The monoisotopic (exact) mass is 260 g/mol. The predicted octanol–water partition coefficient (Wildman–Crippen LogP) is 1.56. The Balaban J connectivity index is 2.90. The second kappa shape index (κ2) is 7.13. The van der Waals surface area contributed by atoms with Gasteiger partial charge in [-0.1, -0.05) is 6.07 Å². The molecule has 1 rings (SSSR count). The third kappa shape index (κ3) is 3.82. The number of ether oxygens (including phenoxy) is 2. The Hall–Kier alpha value is -1.40. The lowest BCUT2D eigenvalue weighted by Gasteiger charge is -2.20. The van der Waals surface area contributed by atoms with E-state index in [0.29, 0.717) is 11.5 Å². The van der Waals surface area contributed by atoms with Crippen LogP contribution in [-0.4, -0.2) is 33.7 Å². The van der Waals surface area contributed by atoms with Crippen LogP contribution in [0.2, 0.25) is 0 Å². The van der Waals surface area contributed by atoms with Crippen LogP contribution in [0.3, 0.4) is 0 Å². The van der Waals surface area contributed by atoms with E-state index in [-0.39, 0.29) is 12.6 Å². The topological polar surface area (TPSA) is 56.5 Å². The van der Waals surface area contributed by atoms with Crippen LogP contribution in [0, 0.1) is 0 Å². The van der Waals surface area contributed by atoms with Crippen molar-refractivity contribution in [3.05, 3.63) is 23.8 Å². The van der Waals surface area contributed by atoms with E-state index in [0.717, 1.165) is 5.56 Å². The second-order valence-electron chi connectivity index (χ2n) is 3.70. The van der Waals surface area contributed by atoms with Gasteiger partial charge in [-0.3, -0.25) is 0 Å². The highest BCUT2D eigenvalue weighted by Crippen LogP contribution is 2.29. The molecule has 3 N–H and O–H groups in total. The molecule has 0 bridgehead atoms. The first kappa shape index (κ1) is 14.7. The Labute approximate surface area is 105 Å². The Morgan fingerprint density at radius 2 is 2.00 bits per heavy atom. The molecule has 1 atom stereocenters. The summed E-state index contributed by atoms with van der Waals surface area (Å²) in [5.41, 5.74) is 6.33. The molecule has 0 spiro atoms. The van der Waals surface area contributed by atoms with Gasteiger partial charge >= 0.3 is 0 Å². The molecule has 0 radical (unpaired) electrons. The van der Waals surface area contributed by atoms with Gasteiger partial charge in [0.2, 0.25) is 0 Å². The van der Waals surface area contributed by atoms with Crippen LogP contribution >= 0.6 is 0 Å². The highest BCUT2D eigenvalue weighted by atomic mass is 19.3. The van der Waals surface area contributed by atoms with Crippen LogP contribution in [0.5, 0.6) is 11.5 Å². The van der Waals surface area contributed by atoms with Gasteiger partial charge in [0.15, 0.2) is 0 Å². The van der Waals surface area contributed by atoms with Gasteiger partial charge in [-0.2, -0.15) is 0 Å². The zero-order chi connectivity index (χ0) is 13.5. The maximum absolute atomic E-state index is 12.2. The lowest BCUT2D eigenvalue weighted by atomic mass is 10.1. The summed E-state index contributed by atoms with van der Waals surface area (Å²) in [6.45, 7) is -0.202. The van der Waals surface area contributed by atoms with Crippen LogP contribution < -0.4 is 20.5 Å². The van der Waals surface area contributed by atoms with Crippen molar-refractivity contribution < 1.29 is 18.3 Å². The largest absolute Gasteiger partial charge is 0.497 e. The molecular formula is C12H18F2N2O2. The summed E-state index contributed by atoms with van der Waals surface area (Å²) in [5.74, 6) is 1.20. The van der Waals surface area contributed by atoms with Crippen molar-refractivity contribution in [2.45, 2.75) is 12.5 Å². The van der Waals surface area contributed by atoms with Gasteiger partial charge in [-0.25, -0.2) is 8.78 Å². The molecule has 1 aromatic rings. The summed E-state index contributed by atoms with van der Waals surface area (Å²) in [6.07, 6.45) is -2.41. The summed E-state index contributed by atoms with van der Waals surface area (Å²) in [6, 6.07) is 4.82. The van der Waals surface area contributed by atoms with Gasteiger partial charge in [-0.05, 0) is 6.07 Å². The molecule has 102 valence electrons. The normalized spacial score (nSPS) is 12.6. The maximum Gasteiger partial charge on any atom is 0.250 e. The molecule has 0 aliphatic rings. The molecule has 1 unspecified atom stereocenters. The first-order valence-corrected chi connectivity index (χ1v) is 5.55. The molecule has 0 amide bonds. The van der Waals surface area contributed by atoms with E-state index in [1.165, 1.54) is 7.11 Å². The lowest BCUT2D eigenvalue weighted by Crippen LogP contribution is -2.32. The van der Waals surface area contributed by atoms with Gasteiger partial charge in [0, 0.05) is 24.2 Å². The molecular weight excluding hydrogens is 242 g/mol. The molecule has 18 heavy (non-hydrogen) atoms. The minimum atomic E-state index is -2.41. The third-order valence-corrected chi connectivity index (χ3v) is 2.57. The molecule has 1 aromatic carbocycles. The van der Waals surface area contributed by atoms with Crippen molar-refractivity contribution in [2.75, 3.05) is 27.3 Å². The Morgan fingerprint density at radius 1 is 1.28 bits per heavy atom. The SMILES string of the molecule is COc1ccc(C(CN)NCC(F)F)c(OC)c1. The van der Waals surface area contributed by atoms with E-state index in [9.17, 15) is 8.78 Å². The zero-order valence-electron chi connectivity index (χ0n) is 10.5. The van der Waals surface area contributed by atoms with E-state index >= 15 is 0 Å². The lowest BCUT2D eigenvalue weighted by molar-refractivity contribution is 0.141. The predicted molar refractivity (Wildman–Crippen MR) is 65.3 cm³/mol. The van der Waals surface area contributed by atoms with Gasteiger partial charge in [0.05, 0.1) is 20.8 Å². The third-order valence-electron chi connectivity index (χ3n) is 2.57. The maximum atomic E-state index is 12.2. The van der Waals surface area contributed by atoms with Crippen LogP contribution in [0.1, 0.15) is 11.6 Å². The Kier molecular flexibility index (Phi) is 5.80.